The van der Waals surface area contributed by atoms with E-state index in [1.165, 1.54) is 11.4 Å². The van der Waals surface area contributed by atoms with Crippen molar-refractivity contribution in [3.63, 3.8) is 0 Å². The van der Waals surface area contributed by atoms with Crippen LogP contribution in [-0.4, -0.2) is 31.8 Å². The minimum atomic E-state index is -3.71. The van der Waals surface area contributed by atoms with E-state index in [-0.39, 0.29) is 16.8 Å². The Balaban J connectivity index is 1.87. The summed E-state index contributed by atoms with van der Waals surface area (Å²) < 4.78 is 33.3. The summed E-state index contributed by atoms with van der Waals surface area (Å²) in [5.41, 5.74) is 1.78. The van der Waals surface area contributed by atoms with Crippen LogP contribution in [0.1, 0.15) is 43.4 Å². The number of benzene rings is 2. The minimum Gasteiger partial charge on any atom is -0.456 e. The maximum absolute atomic E-state index is 13.1. The number of rotatable bonds is 7. The van der Waals surface area contributed by atoms with Crippen LogP contribution in [0.2, 0.25) is 0 Å². The summed E-state index contributed by atoms with van der Waals surface area (Å²) in [6.07, 6.45) is 2.05. The third-order valence-electron chi connectivity index (χ3n) is 5.52. The summed E-state index contributed by atoms with van der Waals surface area (Å²) in [7, 11) is -2.18. The van der Waals surface area contributed by atoms with Crippen molar-refractivity contribution < 1.29 is 17.9 Å². The van der Waals surface area contributed by atoms with Gasteiger partial charge in [0, 0.05) is 7.05 Å². The molecule has 0 spiro atoms. The number of likely N-dealkylation sites (N-methyl/N-ethyl adjacent to an activating group) is 1. The van der Waals surface area contributed by atoms with Gasteiger partial charge in [0.1, 0.15) is 6.10 Å². The van der Waals surface area contributed by atoms with Gasteiger partial charge in [0.15, 0.2) is 0 Å². The number of esters is 1. The summed E-state index contributed by atoms with van der Waals surface area (Å²) in [6.45, 7) is 3.69. The summed E-state index contributed by atoms with van der Waals surface area (Å²) in [5.74, 6) is -0.314. The Morgan fingerprint density at radius 1 is 1.07 bits per heavy atom. The Bertz CT molecular complexity index is 905. The number of sulfonamides is 1. The third kappa shape index (κ3) is 4.28. The zero-order chi connectivity index (χ0) is 20.3. The zero-order valence-corrected chi connectivity index (χ0v) is 17.4. The molecule has 0 unspecified atom stereocenters. The Kier molecular flexibility index (Phi) is 6.20. The van der Waals surface area contributed by atoms with Gasteiger partial charge in [-0.05, 0) is 44.4 Å². The average Bonchev–Trinajstić information content (AvgIpc) is 2.64. The van der Waals surface area contributed by atoms with Crippen LogP contribution in [0, 0.1) is 12.8 Å². The van der Waals surface area contributed by atoms with Crippen LogP contribution >= 0.6 is 0 Å². The highest BCUT2D eigenvalue weighted by molar-refractivity contribution is 7.89. The average molecular weight is 402 g/mol. The molecule has 2 atom stereocenters. The van der Waals surface area contributed by atoms with Gasteiger partial charge in [-0.25, -0.2) is 8.42 Å². The first-order chi connectivity index (χ1) is 13.3. The van der Waals surface area contributed by atoms with E-state index in [4.69, 9.17) is 4.74 Å². The molecule has 0 heterocycles. The molecule has 1 aliphatic carbocycles. The molecule has 1 fully saturated rings. The van der Waals surface area contributed by atoms with Crippen LogP contribution in [0.3, 0.4) is 0 Å². The highest BCUT2D eigenvalue weighted by Crippen LogP contribution is 2.33. The summed E-state index contributed by atoms with van der Waals surface area (Å²) >= 11 is 0. The first kappa shape index (κ1) is 20.6. The number of nitrogens with zero attached hydrogens (tertiary/aromatic N) is 1. The predicted molar refractivity (Wildman–Crippen MR) is 108 cm³/mol. The van der Waals surface area contributed by atoms with Crippen molar-refractivity contribution in [3.05, 3.63) is 65.7 Å². The molecule has 2 aromatic carbocycles. The summed E-state index contributed by atoms with van der Waals surface area (Å²) in [5, 5.41) is 0. The monoisotopic (exact) mass is 401 g/mol. The smallest absolute Gasteiger partial charge is 0.309 e. The first-order valence-corrected chi connectivity index (χ1v) is 11.0. The second-order valence-corrected chi connectivity index (χ2v) is 9.47. The van der Waals surface area contributed by atoms with Crippen LogP contribution in [0.25, 0.3) is 0 Å². The lowest BCUT2D eigenvalue weighted by Gasteiger charge is -2.33. The van der Waals surface area contributed by atoms with E-state index in [2.05, 4.69) is 0 Å². The molecule has 0 radical (unpaired) electrons. The third-order valence-corrected chi connectivity index (χ3v) is 7.48. The molecule has 0 aliphatic heterocycles. The lowest BCUT2D eigenvalue weighted by Crippen LogP contribution is -2.41. The minimum absolute atomic E-state index is 0.0718. The van der Waals surface area contributed by atoms with Gasteiger partial charge in [0.05, 0.1) is 16.9 Å². The molecule has 0 aromatic heterocycles. The van der Waals surface area contributed by atoms with Gasteiger partial charge in [-0.3, -0.25) is 4.79 Å². The molecule has 28 heavy (non-hydrogen) atoms. The molecule has 3 rings (SSSR count). The summed E-state index contributed by atoms with van der Waals surface area (Å²) in [6, 6.07) is 15.5. The van der Waals surface area contributed by atoms with Crippen molar-refractivity contribution in [3.8, 4) is 0 Å². The fraction of sp³-hybridized carbons (Fsp3) is 0.409. The highest BCUT2D eigenvalue weighted by Gasteiger charge is 2.36. The molecule has 150 valence electrons. The molecule has 5 nitrogen and oxygen atoms in total. The molecule has 0 saturated heterocycles. The molecular formula is C22H27NO4S. The van der Waals surface area contributed by atoms with Crippen molar-refractivity contribution in [1.82, 2.24) is 4.31 Å². The van der Waals surface area contributed by atoms with Crippen LogP contribution in [0.4, 0.5) is 0 Å². The number of carbonyl (C=O) groups is 1. The SMILES string of the molecule is Cc1ccc(S(=O)(=O)N(C)[C@@H](C)[C@H](OC(=O)C2CCC2)c2ccccc2)cc1. The van der Waals surface area contributed by atoms with E-state index in [0.29, 0.717) is 0 Å². The first-order valence-electron chi connectivity index (χ1n) is 9.61. The number of carbonyl (C=O) groups excluding carboxylic acids is 1. The Morgan fingerprint density at radius 3 is 2.21 bits per heavy atom. The van der Waals surface area contributed by atoms with Crippen molar-refractivity contribution in [1.29, 1.82) is 0 Å². The van der Waals surface area contributed by atoms with Gasteiger partial charge in [0.2, 0.25) is 10.0 Å². The number of aryl methyl sites for hydroxylation is 1. The van der Waals surface area contributed by atoms with E-state index < -0.39 is 22.2 Å². The second-order valence-electron chi connectivity index (χ2n) is 7.47. The topological polar surface area (TPSA) is 63.7 Å². The largest absolute Gasteiger partial charge is 0.456 e. The van der Waals surface area contributed by atoms with Crippen molar-refractivity contribution in [2.24, 2.45) is 5.92 Å². The van der Waals surface area contributed by atoms with Gasteiger partial charge in [0.25, 0.3) is 0 Å². The fourth-order valence-electron chi connectivity index (χ4n) is 3.24. The fourth-order valence-corrected chi connectivity index (χ4v) is 4.60. The molecule has 6 heteroatoms. The highest BCUT2D eigenvalue weighted by atomic mass is 32.2. The van der Waals surface area contributed by atoms with Gasteiger partial charge >= 0.3 is 5.97 Å². The molecule has 0 N–H and O–H groups in total. The number of hydrogen-bond acceptors (Lipinski definition) is 4. The van der Waals surface area contributed by atoms with E-state index in [0.717, 1.165) is 30.4 Å². The van der Waals surface area contributed by atoms with Crippen molar-refractivity contribution >= 4 is 16.0 Å². The van der Waals surface area contributed by atoms with Crippen LogP contribution in [0.5, 0.6) is 0 Å². The predicted octanol–water partition coefficient (Wildman–Crippen LogP) is 4.09. The van der Waals surface area contributed by atoms with Gasteiger partial charge in [-0.15, -0.1) is 0 Å². The maximum atomic E-state index is 13.1. The van der Waals surface area contributed by atoms with E-state index in [1.54, 1.807) is 31.2 Å². The lowest BCUT2D eigenvalue weighted by atomic mass is 9.85. The van der Waals surface area contributed by atoms with Gasteiger partial charge in [-0.2, -0.15) is 4.31 Å². The van der Waals surface area contributed by atoms with E-state index in [9.17, 15) is 13.2 Å². The van der Waals surface area contributed by atoms with Crippen LogP contribution < -0.4 is 0 Å². The molecule has 1 aliphatic rings. The second kappa shape index (κ2) is 8.45. The molecule has 0 amide bonds. The molecule has 0 bridgehead atoms. The van der Waals surface area contributed by atoms with Crippen LogP contribution in [0.15, 0.2) is 59.5 Å². The quantitative estimate of drug-likeness (QED) is 0.656. The normalized spacial score (nSPS) is 17.0. The van der Waals surface area contributed by atoms with Crippen molar-refractivity contribution in [2.45, 2.75) is 50.2 Å². The maximum Gasteiger partial charge on any atom is 0.309 e. The Morgan fingerprint density at radius 2 is 1.68 bits per heavy atom. The lowest BCUT2D eigenvalue weighted by molar-refractivity contribution is -0.159. The number of hydrogen-bond donors (Lipinski definition) is 0. The molecule has 1 saturated carbocycles. The van der Waals surface area contributed by atoms with Gasteiger partial charge < -0.3 is 4.74 Å². The van der Waals surface area contributed by atoms with Crippen LogP contribution in [-0.2, 0) is 19.6 Å². The standard InChI is InChI=1S/C22H27NO4S/c1-16-12-14-20(15-13-16)28(25,26)23(3)17(2)21(18-8-5-4-6-9-18)27-22(24)19-10-7-11-19/h4-6,8-9,12-15,17,19,21H,7,10-11H2,1-3H3/t17-,21-/m0/s1. The van der Waals surface area contributed by atoms with E-state index >= 15 is 0 Å². The molecule has 2 aromatic rings. The number of ether oxygens (including phenoxy) is 1. The van der Waals surface area contributed by atoms with Crippen molar-refractivity contribution in [2.75, 3.05) is 7.05 Å². The Hall–Kier alpha value is -2.18. The Labute approximate surface area is 167 Å². The zero-order valence-electron chi connectivity index (χ0n) is 16.5. The molecular weight excluding hydrogens is 374 g/mol. The van der Waals surface area contributed by atoms with Gasteiger partial charge in [-0.1, -0.05) is 54.4 Å². The van der Waals surface area contributed by atoms with E-state index in [1.807, 2.05) is 37.3 Å². The summed E-state index contributed by atoms with van der Waals surface area (Å²) in [4.78, 5) is 12.7.